The van der Waals surface area contributed by atoms with Crippen LogP contribution < -0.4 is 10.6 Å². The van der Waals surface area contributed by atoms with E-state index in [1.54, 1.807) is 24.6 Å². The fourth-order valence-electron chi connectivity index (χ4n) is 1.87. The number of aryl methyl sites for hydroxylation is 3. The number of pyridine rings is 1. The molecule has 0 bridgehead atoms. The molecule has 0 aromatic carbocycles. The molecule has 112 valence electrons. The number of aromatic nitrogens is 2. The molecule has 0 amide bonds. The Labute approximate surface area is 129 Å². The van der Waals surface area contributed by atoms with E-state index in [0.717, 1.165) is 22.4 Å². The first kappa shape index (κ1) is 15.4. The van der Waals surface area contributed by atoms with Gasteiger partial charge in [-0.25, -0.2) is 4.98 Å². The van der Waals surface area contributed by atoms with Gasteiger partial charge in [0.25, 0.3) is 0 Å². The normalized spacial score (nSPS) is 11.5. The molecule has 0 saturated heterocycles. The minimum absolute atomic E-state index is 0.655. The maximum Gasteiger partial charge on any atom is 0.191 e. The van der Waals surface area contributed by atoms with Gasteiger partial charge in [0.1, 0.15) is 5.01 Å². The van der Waals surface area contributed by atoms with Crippen LogP contribution in [0, 0.1) is 20.8 Å². The molecule has 2 aromatic heterocycles. The summed E-state index contributed by atoms with van der Waals surface area (Å²) in [5.41, 5.74) is 3.30. The van der Waals surface area contributed by atoms with Crippen LogP contribution in [0.5, 0.6) is 0 Å². The van der Waals surface area contributed by atoms with E-state index in [4.69, 9.17) is 0 Å². The summed E-state index contributed by atoms with van der Waals surface area (Å²) in [4.78, 5) is 14.4. The zero-order valence-corrected chi connectivity index (χ0v) is 13.7. The van der Waals surface area contributed by atoms with Crippen molar-refractivity contribution in [1.82, 2.24) is 20.6 Å². The van der Waals surface area contributed by atoms with Crippen molar-refractivity contribution < 1.29 is 0 Å². The first-order valence-electron chi connectivity index (χ1n) is 6.88. The maximum absolute atomic E-state index is 4.51. The third kappa shape index (κ3) is 4.26. The van der Waals surface area contributed by atoms with Crippen LogP contribution in [0.1, 0.15) is 26.8 Å². The van der Waals surface area contributed by atoms with Gasteiger partial charge < -0.3 is 10.6 Å². The topological polar surface area (TPSA) is 62.2 Å². The molecule has 0 unspecified atom stereocenters. The standard InChI is InChI=1S/C15H21N5S/c1-10-6-5-7-17-13(10)8-18-15(16-4)19-9-14-20-11(2)12(3)21-14/h5-7H,8-9H2,1-4H3,(H2,16,18,19). The van der Waals surface area contributed by atoms with Crippen molar-refractivity contribution in [3.63, 3.8) is 0 Å². The van der Waals surface area contributed by atoms with Gasteiger partial charge in [-0.05, 0) is 32.4 Å². The molecular weight excluding hydrogens is 282 g/mol. The van der Waals surface area contributed by atoms with Crippen LogP contribution in [0.15, 0.2) is 23.3 Å². The molecule has 0 aliphatic heterocycles. The number of nitrogens with one attached hydrogen (secondary N) is 2. The van der Waals surface area contributed by atoms with E-state index in [1.807, 2.05) is 13.0 Å². The van der Waals surface area contributed by atoms with E-state index in [2.05, 4.69) is 45.5 Å². The van der Waals surface area contributed by atoms with Gasteiger partial charge in [-0.2, -0.15) is 0 Å². The predicted molar refractivity (Wildman–Crippen MR) is 87.6 cm³/mol. The summed E-state index contributed by atoms with van der Waals surface area (Å²) in [6.07, 6.45) is 1.81. The summed E-state index contributed by atoms with van der Waals surface area (Å²) < 4.78 is 0. The molecule has 0 spiro atoms. The van der Waals surface area contributed by atoms with Crippen LogP contribution in [0.25, 0.3) is 0 Å². The number of hydrogen-bond acceptors (Lipinski definition) is 4. The highest BCUT2D eigenvalue weighted by Gasteiger charge is 2.05. The van der Waals surface area contributed by atoms with E-state index < -0.39 is 0 Å². The first-order valence-corrected chi connectivity index (χ1v) is 7.69. The van der Waals surface area contributed by atoms with Crippen molar-refractivity contribution in [2.24, 2.45) is 4.99 Å². The highest BCUT2D eigenvalue weighted by molar-refractivity contribution is 7.11. The van der Waals surface area contributed by atoms with Gasteiger partial charge in [0, 0.05) is 18.1 Å². The number of rotatable bonds is 4. The Bertz CT molecular complexity index is 613. The Balaban J connectivity index is 1.88. The second-order valence-corrected chi connectivity index (χ2v) is 6.08. The highest BCUT2D eigenvalue weighted by atomic mass is 32.1. The van der Waals surface area contributed by atoms with Crippen molar-refractivity contribution in [3.05, 3.63) is 45.2 Å². The van der Waals surface area contributed by atoms with E-state index in [0.29, 0.717) is 13.1 Å². The lowest BCUT2D eigenvalue weighted by molar-refractivity contribution is 0.786. The largest absolute Gasteiger partial charge is 0.351 e. The summed E-state index contributed by atoms with van der Waals surface area (Å²) in [7, 11) is 1.76. The van der Waals surface area contributed by atoms with E-state index in [-0.39, 0.29) is 0 Å². The fourth-order valence-corrected chi connectivity index (χ4v) is 2.74. The Kier molecular flexibility index (Phi) is 5.27. The van der Waals surface area contributed by atoms with Gasteiger partial charge in [0.15, 0.2) is 5.96 Å². The summed E-state index contributed by atoms with van der Waals surface area (Å²) in [5.74, 6) is 0.755. The van der Waals surface area contributed by atoms with Gasteiger partial charge in [-0.1, -0.05) is 6.07 Å². The number of guanidine groups is 1. The molecule has 0 aliphatic carbocycles. The zero-order valence-electron chi connectivity index (χ0n) is 12.9. The molecule has 0 atom stereocenters. The van der Waals surface area contributed by atoms with E-state index >= 15 is 0 Å². The fraction of sp³-hybridized carbons (Fsp3) is 0.400. The van der Waals surface area contributed by atoms with Crippen molar-refractivity contribution in [3.8, 4) is 0 Å². The first-order chi connectivity index (χ1) is 10.1. The van der Waals surface area contributed by atoms with Gasteiger partial charge >= 0.3 is 0 Å². The zero-order chi connectivity index (χ0) is 15.2. The van der Waals surface area contributed by atoms with Crippen molar-refractivity contribution in [2.75, 3.05) is 7.05 Å². The number of aliphatic imine (C=N–C) groups is 1. The van der Waals surface area contributed by atoms with Crippen molar-refractivity contribution >= 4 is 17.3 Å². The van der Waals surface area contributed by atoms with E-state index in [1.165, 1.54) is 10.4 Å². The summed E-state index contributed by atoms with van der Waals surface area (Å²) in [6.45, 7) is 7.52. The third-order valence-electron chi connectivity index (χ3n) is 3.24. The third-order valence-corrected chi connectivity index (χ3v) is 4.32. The molecule has 0 fully saturated rings. The van der Waals surface area contributed by atoms with Gasteiger partial charge in [0.05, 0.1) is 24.5 Å². The van der Waals surface area contributed by atoms with Crippen molar-refractivity contribution in [2.45, 2.75) is 33.9 Å². The molecule has 0 aliphatic rings. The lowest BCUT2D eigenvalue weighted by Crippen LogP contribution is -2.36. The quantitative estimate of drug-likeness (QED) is 0.672. The smallest absolute Gasteiger partial charge is 0.191 e. The molecule has 2 aromatic rings. The Hall–Kier alpha value is -1.95. The molecular formula is C15H21N5S. The van der Waals surface area contributed by atoms with Gasteiger partial charge in [-0.15, -0.1) is 11.3 Å². The Morgan fingerprint density at radius 3 is 2.62 bits per heavy atom. The number of hydrogen-bond donors (Lipinski definition) is 2. The highest BCUT2D eigenvalue weighted by Crippen LogP contribution is 2.15. The molecule has 21 heavy (non-hydrogen) atoms. The second kappa shape index (κ2) is 7.17. The van der Waals surface area contributed by atoms with E-state index in [9.17, 15) is 0 Å². The predicted octanol–water partition coefficient (Wildman–Crippen LogP) is 2.33. The van der Waals surface area contributed by atoms with Gasteiger partial charge in [0.2, 0.25) is 0 Å². The molecule has 6 heteroatoms. The number of thiazole rings is 1. The Morgan fingerprint density at radius 1 is 1.24 bits per heavy atom. The molecule has 2 N–H and O–H groups in total. The average Bonchev–Trinajstić information content (AvgIpc) is 2.79. The minimum Gasteiger partial charge on any atom is -0.351 e. The lowest BCUT2D eigenvalue weighted by atomic mass is 10.2. The number of nitrogens with zero attached hydrogens (tertiary/aromatic N) is 3. The molecule has 2 heterocycles. The molecule has 5 nitrogen and oxygen atoms in total. The van der Waals surface area contributed by atoms with Crippen LogP contribution in [0.3, 0.4) is 0 Å². The van der Waals surface area contributed by atoms with Crippen LogP contribution in [0.4, 0.5) is 0 Å². The molecule has 0 saturated carbocycles. The SMILES string of the molecule is CN=C(NCc1nc(C)c(C)s1)NCc1ncccc1C. The Morgan fingerprint density at radius 2 is 2.00 bits per heavy atom. The summed E-state index contributed by atoms with van der Waals surface area (Å²) >= 11 is 1.72. The summed E-state index contributed by atoms with van der Waals surface area (Å²) in [6, 6.07) is 4.00. The maximum atomic E-state index is 4.51. The van der Waals surface area contributed by atoms with Crippen LogP contribution in [-0.4, -0.2) is 23.0 Å². The van der Waals surface area contributed by atoms with Crippen molar-refractivity contribution in [1.29, 1.82) is 0 Å². The molecule has 0 radical (unpaired) electrons. The summed E-state index contributed by atoms with van der Waals surface area (Å²) in [5, 5.41) is 7.62. The van der Waals surface area contributed by atoms with Crippen LogP contribution in [0.2, 0.25) is 0 Å². The molecule has 2 rings (SSSR count). The second-order valence-electron chi connectivity index (χ2n) is 4.80. The van der Waals surface area contributed by atoms with Crippen LogP contribution in [-0.2, 0) is 13.1 Å². The minimum atomic E-state index is 0.655. The van der Waals surface area contributed by atoms with Crippen LogP contribution >= 0.6 is 11.3 Å². The lowest BCUT2D eigenvalue weighted by Gasteiger charge is -2.11. The van der Waals surface area contributed by atoms with Gasteiger partial charge in [-0.3, -0.25) is 9.98 Å². The monoisotopic (exact) mass is 303 g/mol. The average molecular weight is 303 g/mol.